The highest BCUT2D eigenvalue weighted by Crippen LogP contribution is 2.33. The third kappa shape index (κ3) is 4.86. The number of benzene rings is 2. The van der Waals surface area contributed by atoms with Crippen molar-refractivity contribution in [1.82, 2.24) is 0 Å². The number of anilines is 2. The van der Waals surface area contributed by atoms with Crippen molar-refractivity contribution < 1.29 is 27.4 Å². The van der Waals surface area contributed by atoms with Gasteiger partial charge < -0.3 is 19.5 Å². The lowest BCUT2D eigenvalue weighted by Crippen LogP contribution is -2.45. The molecule has 0 bridgehead atoms. The molecule has 1 N–H and O–H groups in total. The smallest absolute Gasteiger partial charge is 0.247 e. The number of carbonyl (C=O) groups excluding carboxylic acids is 1. The summed E-state index contributed by atoms with van der Waals surface area (Å²) in [6.07, 6.45) is 1.04. The van der Waals surface area contributed by atoms with Crippen LogP contribution in [-0.2, 0) is 14.8 Å². The van der Waals surface area contributed by atoms with Gasteiger partial charge in [0, 0.05) is 17.8 Å². The summed E-state index contributed by atoms with van der Waals surface area (Å²) < 4.78 is 41.5. The number of amides is 1. The maximum atomic E-state index is 12.7. The quantitative estimate of drug-likeness (QED) is 0.721. The summed E-state index contributed by atoms with van der Waals surface area (Å²) in [5, 5.41) is 2.71. The highest BCUT2D eigenvalue weighted by atomic mass is 32.2. The largest absolute Gasteiger partial charge is 0.497 e. The Balaban J connectivity index is 2.36. The molecule has 152 valence electrons. The highest BCUT2D eigenvalue weighted by Gasteiger charge is 2.30. The number of nitrogens with zero attached hydrogens (tertiary/aromatic N) is 1. The summed E-state index contributed by atoms with van der Waals surface area (Å²) in [6.45, 7) is 1.51. The normalized spacial score (nSPS) is 12.0. The lowest BCUT2D eigenvalue weighted by Gasteiger charge is -2.28. The average Bonchev–Trinajstić information content (AvgIpc) is 2.66. The number of nitrogens with one attached hydrogen (secondary N) is 1. The molecule has 0 unspecified atom stereocenters. The van der Waals surface area contributed by atoms with Crippen molar-refractivity contribution in [2.75, 3.05) is 37.2 Å². The Morgan fingerprint density at radius 3 is 2.25 bits per heavy atom. The van der Waals surface area contributed by atoms with Crippen LogP contribution in [0.4, 0.5) is 11.4 Å². The third-order valence-electron chi connectivity index (χ3n) is 4.05. The van der Waals surface area contributed by atoms with Crippen molar-refractivity contribution in [2.24, 2.45) is 0 Å². The minimum atomic E-state index is -3.76. The van der Waals surface area contributed by atoms with Crippen LogP contribution in [0.5, 0.6) is 17.2 Å². The molecule has 0 aliphatic carbocycles. The lowest BCUT2D eigenvalue weighted by molar-refractivity contribution is -0.116. The number of hydrogen-bond donors (Lipinski definition) is 1. The summed E-state index contributed by atoms with van der Waals surface area (Å²) in [5.41, 5.74) is 0.783. The fraction of sp³-hybridized carbons (Fsp3) is 0.316. The van der Waals surface area contributed by atoms with Gasteiger partial charge in [-0.3, -0.25) is 9.10 Å². The number of hydrogen-bond acceptors (Lipinski definition) is 6. The fourth-order valence-corrected chi connectivity index (χ4v) is 3.88. The van der Waals surface area contributed by atoms with Crippen LogP contribution in [-0.4, -0.2) is 48.0 Å². The van der Waals surface area contributed by atoms with Crippen molar-refractivity contribution in [1.29, 1.82) is 0 Å². The van der Waals surface area contributed by atoms with Gasteiger partial charge in [0.2, 0.25) is 15.9 Å². The van der Waals surface area contributed by atoms with E-state index < -0.39 is 22.0 Å². The van der Waals surface area contributed by atoms with E-state index in [4.69, 9.17) is 14.2 Å². The standard InChI is InChI=1S/C19H24N2O6S/c1-13(19(22)20-14-7-6-8-16(11-14)25-2)21(28(5,23)24)15-9-10-17(26-3)18(12-15)27-4/h6-13H,1-5H3,(H,20,22)/t13-/m1/s1. The maximum absolute atomic E-state index is 12.7. The Kier molecular flexibility index (Phi) is 6.74. The summed E-state index contributed by atoms with van der Waals surface area (Å²) in [5.74, 6) is 0.890. The van der Waals surface area contributed by atoms with Gasteiger partial charge in [-0.15, -0.1) is 0 Å². The van der Waals surface area contributed by atoms with Crippen LogP contribution in [0.1, 0.15) is 6.92 Å². The van der Waals surface area contributed by atoms with Crippen LogP contribution in [0.3, 0.4) is 0 Å². The fourth-order valence-electron chi connectivity index (χ4n) is 2.72. The van der Waals surface area contributed by atoms with Gasteiger partial charge in [-0.1, -0.05) is 6.07 Å². The van der Waals surface area contributed by atoms with Crippen molar-refractivity contribution >= 4 is 27.3 Å². The molecule has 1 amide bonds. The van der Waals surface area contributed by atoms with Crippen molar-refractivity contribution in [2.45, 2.75) is 13.0 Å². The Hall–Kier alpha value is -2.94. The highest BCUT2D eigenvalue weighted by molar-refractivity contribution is 7.92. The molecule has 8 nitrogen and oxygen atoms in total. The van der Waals surface area contributed by atoms with Crippen LogP contribution in [0, 0.1) is 0 Å². The Bertz CT molecular complexity index is 945. The van der Waals surface area contributed by atoms with Crippen molar-refractivity contribution in [3.05, 3.63) is 42.5 Å². The van der Waals surface area contributed by atoms with E-state index in [0.717, 1.165) is 10.6 Å². The first-order valence-electron chi connectivity index (χ1n) is 8.37. The minimum absolute atomic E-state index is 0.286. The molecule has 0 aliphatic rings. The van der Waals surface area contributed by atoms with Crippen LogP contribution >= 0.6 is 0 Å². The molecule has 0 spiro atoms. The zero-order chi connectivity index (χ0) is 20.9. The first kappa shape index (κ1) is 21.4. The molecule has 0 saturated carbocycles. The number of ether oxygens (including phenoxy) is 3. The maximum Gasteiger partial charge on any atom is 0.247 e. The third-order valence-corrected chi connectivity index (χ3v) is 5.29. The molecule has 1 atom stereocenters. The topological polar surface area (TPSA) is 94.2 Å². The summed E-state index contributed by atoms with van der Waals surface area (Å²) in [7, 11) is 0.691. The number of sulfonamides is 1. The Morgan fingerprint density at radius 1 is 1.00 bits per heavy atom. The summed E-state index contributed by atoms with van der Waals surface area (Å²) in [6, 6.07) is 10.4. The van der Waals surface area contributed by atoms with Crippen LogP contribution in [0.25, 0.3) is 0 Å². The number of methoxy groups -OCH3 is 3. The molecule has 0 aromatic heterocycles. The lowest BCUT2D eigenvalue weighted by atomic mass is 10.2. The van der Waals surface area contributed by atoms with Crippen LogP contribution in [0.15, 0.2) is 42.5 Å². The molecule has 0 fully saturated rings. The molecule has 2 aromatic carbocycles. The average molecular weight is 408 g/mol. The van der Waals surface area contributed by atoms with Gasteiger partial charge >= 0.3 is 0 Å². The zero-order valence-corrected chi connectivity index (χ0v) is 17.2. The molecule has 9 heteroatoms. The molecule has 0 aliphatic heterocycles. The molecule has 2 aromatic rings. The van der Waals surface area contributed by atoms with E-state index in [1.54, 1.807) is 36.4 Å². The molecule has 2 rings (SSSR count). The first-order valence-corrected chi connectivity index (χ1v) is 10.2. The van der Waals surface area contributed by atoms with Gasteiger partial charge in [0.25, 0.3) is 0 Å². The second-order valence-corrected chi connectivity index (χ2v) is 7.85. The SMILES string of the molecule is COc1cccc(NC(=O)[C@@H](C)N(c2ccc(OC)c(OC)c2)S(C)(=O)=O)c1. The molecular formula is C19H24N2O6S. The Labute approximate surface area is 165 Å². The molecule has 28 heavy (non-hydrogen) atoms. The molecule has 0 radical (unpaired) electrons. The second-order valence-electron chi connectivity index (χ2n) is 6.00. The Morgan fingerprint density at radius 2 is 1.68 bits per heavy atom. The molecule has 0 saturated heterocycles. The molecule has 0 heterocycles. The monoisotopic (exact) mass is 408 g/mol. The molecular weight excluding hydrogens is 384 g/mol. The zero-order valence-electron chi connectivity index (χ0n) is 16.4. The van der Waals surface area contributed by atoms with E-state index in [-0.39, 0.29) is 5.69 Å². The van der Waals surface area contributed by atoms with Gasteiger partial charge in [0.1, 0.15) is 11.8 Å². The van der Waals surface area contributed by atoms with Gasteiger partial charge in [0.15, 0.2) is 11.5 Å². The van der Waals surface area contributed by atoms with Gasteiger partial charge in [-0.25, -0.2) is 8.42 Å². The van der Waals surface area contributed by atoms with Crippen LogP contribution in [0.2, 0.25) is 0 Å². The van der Waals surface area contributed by atoms with E-state index >= 15 is 0 Å². The summed E-state index contributed by atoms with van der Waals surface area (Å²) in [4.78, 5) is 12.7. The van der Waals surface area contributed by atoms with E-state index in [1.165, 1.54) is 34.3 Å². The predicted octanol–water partition coefficient (Wildman–Crippen LogP) is 2.51. The number of rotatable bonds is 8. The van der Waals surface area contributed by atoms with Gasteiger partial charge in [-0.05, 0) is 31.2 Å². The predicted molar refractivity (Wildman–Crippen MR) is 108 cm³/mol. The van der Waals surface area contributed by atoms with Gasteiger partial charge in [0.05, 0.1) is 33.3 Å². The van der Waals surface area contributed by atoms with E-state index in [2.05, 4.69) is 5.32 Å². The van der Waals surface area contributed by atoms with Gasteiger partial charge in [-0.2, -0.15) is 0 Å². The number of carbonyl (C=O) groups is 1. The van der Waals surface area contributed by atoms with E-state index in [0.29, 0.717) is 22.9 Å². The van der Waals surface area contributed by atoms with Crippen molar-refractivity contribution in [3.63, 3.8) is 0 Å². The first-order chi connectivity index (χ1) is 13.2. The minimum Gasteiger partial charge on any atom is -0.497 e. The van der Waals surface area contributed by atoms with E-state index in [9.17, 15) is 13.2 Å². The van der Waals surface area contributed by atoms with E-state index in [1.807, 2.05) is 0 Å². The summed E-state index contributed by atoms with van der Waals surface area (Å²) >= 11 is 0. The van der Waals surface area contributed by atoms with Crippen molar-refractivity contribution in [3.8, 4) is 17.2 Å². The van der Waals surface area contributed by atoms with Crippen LogP contribution < -0.4 is 23.8 Å². The second kappa shape index (κ2) is 8.83.